The van der Waals surface area contributed by atoms with E-state index in [4.69, 9.17) is 4.74 Å². The lowest BCUT2D eigenvalue weighted by molar-refractivity contribution is -0.138. The van der Waals surface area contributed by atoms with Gasteiger partial charge in [0.2, 0.25) is 0 Å². The summed E-state index contributed by atoms with van der Waals surface area (Å²) < 4.78 is 7.91. The smallest absolute Gasteiger partial charge is 0.331 e. The Morgan fingerprint density at radius 2 is 1.84 bits per heavy atom. The predicted octanol–water partition coefficient (Wildman–Crippen LogP) is 3.85. The van der Waals surface area contributed by atoms with Crippen LogP contribution in [0.2, 0.25) is 0 Å². The first-order valence-electron chi connectivity index (χ1n) is 7.72. The lowest BCUT2D eigenvalue weighted by Crippen LogP contribution is -2.00. The Kier molecular flexibility index (Phi) is 5.74. The van der Waals surface area contributed by atoms with Gasteiger partial charge in [0.05, 0.1) is 12.7 Å². The molecule has 0 aliphatic rings. The summed E-state index contributed by atoms with van der Waals surface area (Å²) in [5.74, 6) is -0.416. The quantitative estimate of drug-likeness (QED) is 0.468. The van der Waals surface area contributed by atoms with Crippen molar-refractivity contribution >= 4 is 28.0 Å². The zero-order chi connectivity index (χ0) is 17.5. The van der Waals surface area contributed by atoms with Crippen molar-refractivity contribution in [3.05, 3.63) is 88.2 Å². The van der Waals surface area contributed by atoms with Crippen LogP contribution in [0.25, 0.3) is 6.08 Å². The second-order valence-electron chi connectivity index (χ2n) is 5.39. The van der Waals surface area contributed by atoms with Crippen molar-refractivity contribution in [2.24, 2.45) is 0 Å². The molecule has 0 saturated carbocycles. The topological polar surface area (TPSA) is 57.0 Å². The van der Waals surface area contributed by atoms with Crippen molar-refractivity contribution in [1.29, 1.82) is 0 Å². The predicted molar refractivity (Wildman–Crippen MR) is 98.5 cm³/mol. The number of halogens is 1. The molecular weight excluding hydrogens is 382 g/mol. The first-order chi connectivity index (χ1) is 12.2. The number of carbonyl (C=O) groups is 1. The van der Waals surface area contributed by atoms with Crippen LogP contribution < -0.4 is 0 Å². The van der Waals surface area contributed by atoms with Gasteiger partial charge in [-0.2, -0.15) is 0 Å². The first kappa shape index (κ1) is 17.1. The van der Waals surface area contributed by atoms with Gasteiger partial charge in [-0.05, 0) is 29.3 Å². The number of hydrogen-bond acceptors (Lipinski definition) is 4. The van der Waals surface area contributed by atoms with Gasteiger partial charge in [0.25, 0.3) is 0 Å². The Labute approximate surface area is 154 Å². The molecule has 0 amide bonds. The summed E-state index contributed by atoms with van der Waals surface area (Å²) >= 11 is 3.37. The van der Waals surface area contributed by atoms with Gasteiger partial charge in [-0.25, -0.2) is 9.48 Å². The molecule has 0 spiro atoms. The number of esters is 1. The summed E-state index contributed by atoms with van der Waals surface area (Å²) in [5, 5.41) is 8.08. The summed E-state index contributed by atoms with van der Waals surface area (Å²) in [7, 11) is 0. The van der Waals surface area contributed by atoms with E-state index in [9.17, 15) is 4.79 Å². The van der Waals surface area contributed by atoms with Crippen LogP contribution in [0.3, 0.4) is 0 Å². The van der Waals surface area contributed by atoms with Gasteiger partial charge in [0.1, 0.15) is 12.3 Å². The molecule has 5 nitrogen and oxygen atoms in total. The Hall–Kier alpha value is -2.73. The average molecular weight is 398 g/mol. The third kappa shape index (κ3) is 5.39. The highest BCUT2D eigenvalue weighted by atomic mass is 79.9. The fourth-order valence-electron chi connectivity index (χ4n) is 2.17. The monoisotopic (exact) mass is 397 g/mol. The van der Waals surface area contributed by atoms with E-state index in [1.165, 1.54) is 6.08 Å². The lowest BCUT2D eigenvalue weighted by Gasteiger charge is -2.02. The molecule has 0 bridgehead atoms. The second-order valence-corrected chi connectivity index (χ2v) is 6.31. The van der Waals surface area contributed by atoms with E-state index in [2.05, 4.69) is 26.2 Å². The normalized spacial score (nSPS) is 10.9. The number of aromatic nitrogens is 3. The maximum Gasteiger partial charge on any atom is 0.331 e. The third-order valence-corrected chi connectivity index (χ3v) is 3.96. The van der Waals surface area contributed by atoms with Crippen LogP contribution >= 0.6 is 15.9 Å². The van der Waals surface area contributed by atoms with E-state index in [1.54, 1.807) is 17.0 Å². The molecule has 0 unspecified atom stereocenters. The Morgan fingerprint density at radius 3 is 2.60 bits per heavy atom. The minimum atomic E-state index is -0.416. The molecule has 3 aromatic rings. The summed E-state index contributed by atoms with van der Waals surface area (Å²) in [6, 6.07) is 17.6. The zero-order valence-electron chi connectivity index (χ0n) is 13.4. The van der Waals surface area contributed by atoms with Gasteiger partial charge in [0, 0.05) is 10.5 Å². The van der Waals surface area contributed by atoms with Gasteiger partial charge >= 0.3 is 5.97 Å². The molecule has 25 heavy (non-hydrogen) atoms. The van der Waals surface area contributed by atoms with E-state index in [-0.39, 0.29) is 6.61 Å². The van der Waals surface area contributed by atoms with Crippen LogP contribution in [0.15, 0.2) is 71.3 Å². The molecule has 1 heterocycles. The summed E-state index contributed by atoms with van der Waals surface area (Å²) in [5.41, 5.74) is 2.67. The van der Waals surface area contributed by atoms with Crippen LogP contribution in [0.4, 0.5) is 0 Å². The van der Waals surface area contributed by atoms with Crippen LogP contribution in [0, 0.1) is 0 Å². The highest BCUT2D eigenvalue weighted by Gasteiger charge is 2.02. The van der Waals surface area contributed by atoms with Gasteiger partial charge in [-0.15, -0.1) is 5.10 Å². The fraction of sp³-hybridized carbons (Fsp3) is 0.105. The number of nitrogens with zero attached hydrogens (tertiary/aromatic N) is 3. The largest absolute Gasteiger partial charge is 0.458 e. The number of hydrogen-bond donors (Lipinski definition) is 0. The molecule has 0 radical (unpaired) electrons. The molecule has 0 aliphatic heterocycles. The summed E-state index contributed by atoms with van der Waals surface area (Å²) in [6.07, 6.45) is 4.74. The maximum atomic E-state index is 11.8. The van der Waals surface area contributed by atoms with Crippen molar-refractivity contribution in [3.8, 4) is 0 Å². The first-order valence-corrected chi connectivity index (χ1v) is 8.52. The highest BCUT2D eigenvalue weighted by Crippen LogP contribution is 2.11. The Balaban J connectivity index is 1.51. The third-order valence-electron chi connectivity index (χ3n) is 3.43. The number of benzene rings is 2. The fourth-order valence-corrected chi connectivity index (χ4v) is 2.44. The van der Waals surface area contributed by atoms with Crippen molar-refractivity contribution in [3.63, 3.8) is 0 Å². The molecule has 3 rings (SSSR count). The Bertz CT molecular complexity index is 858. The molecule has 126 valence electrons. The number of rotatable bonds is 6. The molecule has 2 aromatic carbocycles. The standard InChI is InChI=1S/C19H16BrN3O2/c20-17-8-6-16(7-9-17)14-25-19(24)11-10-18-13-23(22-21-18)12-15-4-2-1-3-5-15/h1-11,13H,12,14H2/b11-10+. The van der Waals surface area contributed by atoms with Crippen molar-refractivity contribution in [2.75, 3.05) is 0 Å². The van der Waals surface area contributed by atoms with Crippen LogP contribution in [-0.4, -0.2) is 21.0 Å². The number of ether oxygens (including phenoxy) is 1. The molecule has 6 heteroatoms. The van der Waals surface area contributed by atoms with Crippen molar-refractivity contribution < 1.29 is 9.53 Å². The van der Waals surface area contributed by atoms with Crippen LogP contribution in [-0.2, 0) is 22.7 Å². The van der Waals surface area contributed by atoms with Crippen molar-refractivity contribution in [1.82, 2.24) is 15.0 Å². The van der Waals surface area contributed by atoms with Crippen LogP contribution in [0.5, 0.6) is 0 Å². The molecule has 1 aromatic heterocycles. The van der Waals surface area contributed by atoms with E-state index in [0.29, 0.717) is 12.2 Å². The summed E-state index contributed by atoms with van der Waals surface area (Å²) in [4.78, 5) is 11.8. The molecule has 0 N–H and O–H groups in total. The van der Waals surface area contributed by atoms with Crippen molar-refractivity contribution in [2.45, 2.75) is 13.2 Å². The SMILES string of the molecule is O=C(/C=C/c1cn(Cc2ccccc2)nn1)OCc1ccc(Br)cc1. The van der Waals surface area contributed by atoms with Gasteiger partial charge in [-0.3, -0.25) is 0 Å². The second kappa shape index (κ2) is 8.39. The molecule has 0 atom stereocenters. The average Bonchev–Trinajstić information content (AvgIpc) is 3.08. The van der Waals surface area contributed by atoms with Gasteiger partial charge in [-0.1, -0.05) is 63.6 Å². The van der Waals surface area contributed by atoms with E-state index in [0.717, 1.165) is 15.6 Å². The van der Waals surface area contributed by atoms with E-state index >= 15 is 0 Å². The molecule has 0 fully saturated rings. The molecule has 0 aliphatic carbocycles. The molecular formula is C19H16BrN3O2. The zero-order valence-corrected chi connectivity index (χ0v) is 15.0. The minimum absolute atomic E-state index is 0.233. The highest BCUT2D eigenvalue weighted by molar-refractivity contribution is 9.10. The lowest BCUT2D eigenvalue weighted by atomic mass is 10.2. The molecule has 0 saturated heterocycles. The Morgan fingerprint density at radius 1 is 1.08 bits per heavy atom. The van der Waals surface area contributed by atoms with Gasteiger partial charge < -0.3 is 4.74 Å². The minimum Gasteiger partial charge on any atom is -0.458 e. The maximum absolute atomic E-state index is 11.8. The van der Waals surface area contributed by atoms with Crippen LogP contribution in [0.1, 0.15) is 16.8 Å². The van der Waals surface area contributed by atoms with E-state index in [1.807, 2.05) is 54.6 Å². The summed E-state index contributed by atoms with van der Waals surface area (Å²) in [6.45, 7) is 0.868. The number of carbonyl (C=O) groups excluding carboxylic acids is 1. The van der Waals surface area contributed by atoms with Gasteiger partial charge in [0.15, 0.2) is 0 Å². The van der Waals surface area contributed by atoms with E-state index < -0.39 is 5.97 Å².